The summed E-state index contributed by atoms with van der Waals surface area (Å²) in [7, 11) is 0. The van der Waals surface area contributed by atoms with E-state index in [4.69, 9.17) is 11.6 Å². The number of rotatable bonds is 6. The number of hydrogen-bond acceptors (Lipinski definition) is 6. The second-order valence-electron chi connectivity index (χ2n) is 8.99. The summed E-state index contributed by atoms with van der Waals surface area (Å²) in [6.07, 6.45) is -0.915. The van der Waals surface area contributed by atoms with E-state index in [0.29, 0.717) is 29.1 Å². The van der Waals surface area contributed by atoms with E-state index in [1.54, 1.807) is 13.8 Å². The van der Waals surface area contributed by atoms with Gasteiger partial charge in [0.2, 0.25) is 0 Å². The van der Waals surface area contributed by atoms with Gasteiger partial charge in [0.05, 0.1) is 22.9 Å². The minimum Gasteiger partial charge on any atom is -0.370 e. The van der Waals surface area contributed by atoms with Gasteiger partial charge in [-0.3, -0.25) is 4.90 Å². The quantitative estimate of drug-likeness (QED) is 0.414. The molecule has 0 radical (unpaired) electrons. The van der Waals surface area contributed by atoms with Crippen LogP contribution in [0.5, 0.6) is 0 Å². The predicted octanol–water partition coefficient (Wildman–Crippen LogP) is 5.39. The number of nitrogens with zero attached hydrogens (tertiary/aromatic N) is 4. The molecular weight excluding hydrogens is 465 g/mol. The Morgan fingerprint density at radius 3 is 2.41 bits per heavy atom. The van der Waals surface area contributed by atoms with Crippen LogP contribution in [0.2, 0.25) is 0 Å². The van der Waals surface area contributed by atoms with E-state index in [-0.39, 0.29) is 5.56 Å². The standard InChI is InChI=1S/C24H30ClF3N6/c1-13(2)33-8-10-34(11-9-33)19-12-18-23(30-15(4)31-24(18)32-21(19)25)29-14(3)16-6-5-7-17(20(16)26)22(27)28/h5-7,12-14,21-22H,8-11H2,1-4H3,(H2,29,30,31,32)/t14-,21?/m1/s1. The van der Waals surface area contributed by atoms with Crippen molar-refractivity contribution in [3.63, 3.8) is 0 Å². The zero-order chi connectivity index (χ0) is 24.6. The number of nitrogens with one attached hydrogen (secondary N) is 2. The van der Waals surface area contributed by atoms with E-state index in [9.17, 15) is 13.2 Å². The predicted molar refractivity (Wildman–Crippen MR) is 130 cm³/mol. The summed E-state index contributed by atoms with van der Waals surface area (Å²) in [5.74, 6) is 0.671. The molecule has 4 rings (SSSR count). The van der Waals surface area contributed by atoms with Gasteiger partial charge < -0.3 is 15.5 Å². The molecule has 2 N–H and O–H groups in total. The van der Waals surface area contributed by atoms with Gasteiger partial charge in [-0.25, -0.2) is 23.1 Å². The number of alkyl halides is 3. The number of fused-ring (bicyclic) bond motifs is 1. The van der Waals surface area contributed by atoms with Crippen LogP contribution in [0.1, 0.15) is 55.8 Å². The Kier molecular flexibility index (Phi) is 7.23. The maximum absolute atomic E-state index is 14.7. The van der Waals surface area contributed by atoms with E-state index in [2.05, 4.69) is 44.2 Å². The first-order valence-electron chi connectivity index (χ1n) is 11.5. The first-order chi connectivity index (χ1) is 16.2. The van der Waals surface area contributed by atoms with Crippen molar-refractivity contribution in [1.82, 2.24) is 19.8 Å². The van der Waals surface area contributed by atoms with E-state index < -0.39 is 29.3 Å². The number of benzene rings is 1. The molecule has 34 heavy (non-hydrogen) atoms. The van der Waals surface area contributed by atoms with Gasteiger partial charge in [0, 0.05) is 37.8 Å². The van der Waals surface area contributed by atoms with Crippen molar-refractivity contribution in [3.05, 3.63) is 52.2 Å². The van der Waals surface area contributed by atoms with Crippen LogP contribution in [0.3, 0.4) is 0 Å². The average Bonchev–Trinajstić information content (AvgIpc) is 2.78. The summed E-state index contributed by atoms with van der Waals surface area (Å²) < 4.78 is 41.1. The monoisotopic (exact) mass is 494 g/mol. The fourth-order valence-electron chi connectivity index (χ4n) is 4.46. The molecule has 1 fully saturated rings. The lowest BCUT2D eigenvalue weighted by Crippen LogP contribution is -2.50. The first-order valence-corrected chi connectivity index (χ1v) is 11.9. The van der Waals surface area contributed by atoms with E-state index in [1.165, 1.54) is 12.1 Å². The van der Waals surface area contributed by atoms with Gasteiger partial charge in [-0.15, -0.1) is 0 Å². The van der Waals surface area contributed by atoms with Gasteiger partial charge in [0.1, 0.15) is 28.8 Å². The molecule has 10 heteroatoms. The molecular formula is C24H30ClF3N6. The third-order valence-corrected chi connectivity index (χ3v) is 6.73. The molecule has 1 unspecified atom stereocenters. The molecule has 1 aromatic heterocycles. The Morgan fingerprint density at radius 2 is 1.76 bits per heavy atom. The van der Waals surface area contributed by atoms with Gasteiger partial charge in [-0.1, -0.05) is 29.8 Å². The molecule has 0 aliphatic carbocycles. The second kappa shape index (κ2) is 10.00. The summed E-state index contributed by atoms with van der Waals surface area (Å²) in [5, 5.41) is 6.45. The van der Waals surface area contributed by atoms with Crippen molar-refractivity contribution in [2.45, 2.75) is 51.7 Å². The van der Waals surface area contributed by atoms with Gasteiger partial charge in [0.15, 0.2) is 0 Å². The Morgan fingerprint density at radius 1 is 1.09 bits per heavy atom. The lowest BCUT2D eigenvalue weighted by Gasteiger charge is -2.41. The van der Waals surface area contributed by atoms with E-state index in [1.807, 2.05) is 6.08 Å². The third kappa shape index (κ3) is 4.95. The van der Waals surface area contributed by atoms with Crippen molar-refractivity contribution in [1.29, 1.82) is 0 Å². The number of anilines is 2. The molecule has 0 bridgehead atoms. The van der Waals surface area contributed by atoms with Crippen LogP contribution < -0.4 is 10.6 Å². The highest BCUT2D eigenvalue weighted by molar-refractivity contribution is 6.24. The van der Waals surface area contributed by atoms with Crippen molar-refractivity contribution in [3.8, 4) is 0 Å². The number of piperazine rings is 1. The summed E-state index contributed by atoms with van der Waals surface area (Å²) in [6, 6.07) is 3.93. The highest BCUT2D eigenvalue weighted by atomic mass is 35.5. The minimum atomic E-state index is -2.88. The number of aromatic nitrogens is 2. The topological polar surface area (TPSA) is 56.3 Å². The van der Waals surface area contributed by atoms with Crippen LogP contribution in [0, 0.1) is 12.7 Å². The van der Waals surface area contributed by atoms with Crippen molar-refractivity contribution in [2.24, 2.45) is 0 Å². The van der Waals surface area contributed by atoms with E-state index in [0.717, 1.165) is 37.9 Å². The normalized spacial score (nSPS) is 19.6. The fourth-order valence-corrected chi connectivity index (χ4v) is 4.76. The largest absolute Gasteiger partial charge is 0.370 e. The lowest BCUT2D eigenvalue weighted by atomic mass is 10.0. The van der Waals surface area contributed by atoms with Gasteiger partial charge in [-0.2, -0.15) is 0 Å². The summed E-state index contributed by atoms with van der Waals surface area (Å²) in [5.41, 5.74) is 0.725. The Hall–Kier alpha value is -2.52. The Bertz CT molecular complexity index is 1070. The highest BCUT2D eigenvalue weighted by Crippen LogP contribution is 2.36. The fraction of sp³-hybridized carbons (Fsp3) is 0.500. The van der Waals surface area contributed by atoms with Crippen molar-refractivity contribution < 1.29 is 13.2 Å². The molecule has 1 saturated heterocycles. The molecule has 3 heterocycles. The summed E-state index contributed by atoms with van der Waals surface area (Å²) >= 11 is 6.68. The van der Waals surface area contributed by atoms with Crippen molar-refractivity contribution >= 4 is 29.3 Å². The molecule has 1 aromatic carbocycles. The van der Waals surface area contributed by atoms with Crippen LogP contribution in [0.25, 0.3) is 6.08 Å². The maximum atomic E-state index is 14.7. The zero-order valence-electron chi connectivity index (χ0n) is 19.7. The number of halogens is 4. The highest BCUT2D eigenvalue weighted by Gasteiger charge is 2.30. The number of aryl methyl sites for hydroxylation is 1. The van der Waals surface area contributed by atoms with E-state index >= 15 is 0 Å². The summed E-state index contributed by atoms with van der Waals surface area (Å²) in [6.45, 7) is 11.4. The third-order valence-electron chi connectivity index (χ3n) is 6.40. The molecule has 2 aliphatic heterocycles. The SMILES string of the molecule is Cc1nc2c(c(N[C@H](C)c3cccc(C(F)F)c3F)n1)C=C(N1CCN(C(C)C)CC1)C(Cl)N2. The molecule has 2 aliphatic rings. The number of hydrogen-bond donors (Lipinski definition) is 2. The van der Waals surface area contributed by atoms with Crippen LogP contribution in [-0.2, 0) is 0 Å². The maximum Gasteiger partial charge on any atom is 0.266 e. The molecule has 2 atom stereocenters. The van der Waals surface area contributed by atoms with Crippen LogP contribution in [-0.4, -0.2) is 57.5 Å². The van der Waals surface area contributed by atoms with Gasteiger partial charge in [0.25, 0.3) is 6.43 Å². The lowest BCUT2D eigenvalue weighted by molar-refractivity contribution is 0.129. The Labute approximate surface area is 203 Å². The minimum absolute atomic E-state index is 0.149. The Balaban J connectivity index is 1.63. The summed E-state index contributed by atoms with van der Waals surface area (Å²) in [4.78, 5) is 13.7. The molecule has 184 valence electrons. The zero-order valence-corrected chi connectivity index (χ0v) is 20.5. The molecule has 0 saturated carbocycles. The molecule has 0 amide bonds. The van der Waals surface area contributed by atoms with Crippen molar-refractivity contribution in [2.75, 3.05) is 36.8 Å². The molecule has 2 aromatic rings. The van der Waals surface area contributed by atoms with Crippen LogP contribution >= 0.6 is 11.6 Å². The smallest absolute Gasteiger partial charge is 0.266 e. The van der Waals surface area contributed by atoms with Gasteiger partial charge in [-0.05, 0) is 33.8 Å². The first kappa shape index (κ1) is 24.6. The second-order valence-corrected chi connectivity index (χ2v) is 9.43. The molecule has 6 nitrogen and oxygen atoms in total. The van der Waals surface area contributed by atoms with Gasteiger partial charge >= 0.3 is 0 Å². The average molecular weight is 495 g/mol. The molecule has 0 spiro atoms. The van der Waals surface area contributed by atoms with Crippen LogP contribution in [0.4, 0.5) is 24.8 Å². The van der Waals surface area contributed by atoms with Crippen LogP contribution in [0.15, 0.2) is 23.9 Å².